The van der Waals surface area contributed by atoms with Gasteiger partial charge in [-0.15, -0.1) is 0 Å². The SMILES string of the molecule is COc1ccc(NC(C)CC2CCC2)cc1O. The molecule has 3 heteroatoms. The molecule has 1 fully saturated rings. The fourth-order valence-electron chi connectivity index (χ4n) is 2.35. The van der Waals surface area contributed by atoms with Gasteiger partial charge in [0.2, 0.25) is 0 Å². The first kappa shape index (κ1) is 12.1. The quantitative estimate of drug-likeness (QED) is 0.822. The van der Waals surface area contributed by atoms with Crippen molar-refractivity contribution in [2.24, 2.45) is 5.92 Å². The number of hydrogen-bond acceptors (Lipinski definition) is 3. The number of hydrogen-bond donors (Lipinski definition) is 2. The molecule has 94 valence electrons. The van der Waals surface area contributed by atoms with Gasteiger partial charge in [-0.05, 0) is 31.4 Å². The second kappa shape index (κ2) is 5.30. The average Bonchev–Trinajstić information content (AvgIpc) is 2.24. The molecular formula is C14H21NO2. The van der Waals surface area contributed by atoms with Crippen LogP contribution < -0.4 is 10.1 Å². The Labute approximate surface area is 103 Å². The predicted molar refractivity (Wildman–Crippen MR) is 69.7 cm³/mol. The Hall–Kier alpha value is -1.38. The molecule has 0 saturated heterocycles. The number of nitrogens with one attached hydrogen (secondary N) is 1. The van der Waals surface area contributed by atoms with Gasteiger partial charge in [0.05, 0.1) is 7.11 Å². The Balaban J connectivity index is 1.90. The van der Waals surface area contributed by atoms with E-state index >= 15 is 0 Å². The number of rotatable bonds is 5. The molecule has 0 radical (unpaired) electrons. The van der Waals surface area contributed by atoms with Crippen LogP contribution in [0.15, 0.2) is 18.2 Å². The topological polar surface area (TPSA) is 41.5 Å². The summed E-state index contributed by atoms with van der Waals surface area (Å²) in [7, 11) is 1.56. The highest BCUT2D eigenvalue weighted by Crippen LogP contribution is 2.32. The van der Waals surface area contributed by atoms with Crippen LogP contribution in [0.25, 0.3) is 0 Å². The maximum absolute atomic E-state index is 9.68. The average molecular weight is 235 g/mol. The molecule has 1 unspecified atom stereocenters. The highest BCUT2D eigenvalue weighted by molar-refractivity contribution is 5.54. The molecule has 0 aromatic heterocycles. The molecule has 1 saturated carbocycles. The van der Waals surface area contributed by atoms with Crippen LogP contribution in [0.5, 0.6) is 11.5 Å². The predicted octanol–water partition coefficient (Wildman–Crippen LogP) is 3.39. The lowest BCUT2D eigenvalue weighted by Gasteiger charge is -2.29. The Morgan fingerprint density at radius 3 is 2.76 bits per heavy atom. The van der Waals surface area contributed by atoms with Crippen LogP contribution in [0.3, 0.4) is 0 Å². The van der Waals surface area contributed by atoms with Crippen LogP contribution in [0.4, 0.5) is 5.69 Å². The van der Waals surface area contributed by atoms with Crippen molar-refractivity contribution in [1.82, 2.24) is 0 Å². The van der Waals surface area contributed by atoms with Crippen molar-refractivity contribution in [1.29, 1.82) is 0 Å². The van der Waals surface area contributed by atoms with E-state index in [0.29, 0.717) is 11.8 Å². The molecule has 17 heavy (non-hydrogen) atoms. The molecule has 0 aliphatic heterocycles. The first-order valence-corrected chi connectivity index (χ1v) is 6.32. The Kier molecular flexibility index (Phi) is 3.77. The molecular weight excluding hydrogens is 214 g/mol. The summed E-state index contributed by atoms with van der Waals surface area (Å²) < 4.78 is 5.02. The number of phenols is 1. The van der Waals surface area contributed by atoms with Crippen LogP contribution in [0.1, 0.15) is 32.6 Å². The molecule has 0 bridgehead atoms. The van der Waals surface area contributed by atoms with Crippen molar-refractivity contribution in [2.45, 2.75) is 38.6 Å². The number of aromatic hydroxyl groups is 1. The van der Waals surface area contributed by atoms with Crippen LogP contribution in [-0.2, 0) is 0 Å². The second-order valence-corrected chi connectivity index (χ2v) is 4.96. The van der Waals surface area contributed by atoms with Gasteiger partial charge in [0.15, 0.2) is 11.5 Å². The molecule has 3 nitrogen and oxygen atoms in total. The molecule has 0 heterocycles. The van der Waals surface area contributed by atoms with Crippen molar-refractivity contribution in [3.63, 3.8) is 0 Å². The van der Waals surface area contributed by atoms with Gasteiger partial charge in [-0.25, -0.2) is 0 Å². The smallest absolute Gasteiger partial charge is 0.160 e. The van der Waals surface area contributed by atoms with Gasteiger partial charge >= 0.3 is 0 Å². The van der Waals surface area contributed by atoms with Crippen molar-refractivity contribution < 1.29 is 9.84 Å². The first-order chi connectivity index (χ1) is 8.19. The van der Waals surface area contributed by atoms with Gasteiger partial charge in [0.25, 0.3) is 0 Å². The van der Waals surface area contributed by atoms with Crippen molar-refractivity contribution in [3.05, 3.63) is 18.2 Å². The first-order valence-electron chi connectivity index (χ1n) is 6.32. The maximum atomic E-state index is 9.68. The monoisotopic (exact) mass is 235 g/mol. The van der Waals surface area contributed by atoms with Gasteiger partial charge in [-0.2, -0.15) is 0 Å². The van der Waals surface area contributed by atoms with E-state index in [0.717, 1.165) is 11.6 Å². The largest absolute Gasteiger partial charge is 0.504 e. The van der Waals surface area contributed by atoms with Gasteiger partial charge in [0.1, 0.15) is 0 Å². The van der Waals surface area contributed by atoms with Crippen LogP contribution in [0, 0.1) is 5.92 Å². The van der Waals surface area contributed by atoms with Gasteiger partial charge < -0.3 is 15.2 Å². The molecule has 0 spiro atoms. The third-order valence-corrected chi connectivity index (χ3v) is 3.50. The number of methoxy groups -OCH3 is 1. The third-order valence-electron chi connectivity index (χ3n) is 3.50. The zero-order chi connectivity index (χ0) is 12.3. The zero-order valence-electron chi connectivity index (χ0n) is 10.6. The molecule has 1 aliphatic rings. The summed E-state index contributed by atoms with van der Waals surface area (Å²) in [6.45, 7) is 2.19. The Morgan fingerprint density at radius 1 is 1.47 bits per heavy atom. The molecule has 1 aromatic carbocycles. The van der Waals surface area contributed by atoms with Crippen molar-refractivity contribution in [2.75, 3.05) is 12.4 Å². The van der Waals surface area contributed by atoms with E-state index < -0.39 is 0 Å². The summed E-state index contributed by atoms with van der Waals surface area (Å²) in [4.78, 5) is 0. The van der Waals surface area contributed by atoms with Crippen LogP contribution >= 0.6 is 0 Å². The Bertz CT molecular complexity index is 374. The van der Waals surface area contributed by atoms with E-state index in [9.17, 15) is 5.11 Å². The van der Waals surface area contributed by atoms with E-state index in [1.807, 2.05) is 6.07 Å². The van der Waals surface area contributed by atoms with E-state index in [1.165, 1.54) is 25.7 Å². The fraction of sp³-hybridized carbons (Fsp3) is 0.571. The van der Waals surface area contributed by atoms with Crippen LogP contribution in [-0.4, -0.2) is 18.3 Å². The highest BCUT2D eigenvalue weighted by atomic mass is 16.5. The van der Waals surface area contributed by atoms with E-state index in [-0.39, 0.29) is 5.75 Å². The lowest BCUT2D eigenvalue weighted by atomic mass is 9.81. The van der Waals surface area contributed by atoms with Crippen molar-refractivity contribution in [3.8, 4) is 11.5 Å². The summed E-state index contributed by atoms with van der Waals surface area (Å²) in [6.07, 6.45) is 5.35. The lowest BCUT2D eigenvalue weighted by molar-refractivity contribution is 0.286. The third kappa shape index (κ3) is 3.05. The highest BCUT2D eigenvalue weighted by Gasteiger charge is 2.19. The van der Waals surface area contributed by atoms with E-state index in [2.05, 4.69) is 12.2 Å². The summed E-state index contributed by atoms with van der Waals surface area (Å²) in [5.41, 5.74) is 0.954. The number of anilines is 1. The fourth-order valence-corrected chi connectivity index (χ4v) is 2.35. The maximum Gasteiger partial charge on any atom is 0.160 e. The second-order valence-electron chi connectivity index (χ2n) is 4.96. The minimum Gasteiger partial charge on any atom is -0.504 e. The number of benzene rings is 1. The van der Waals surface area contributed by atoms with Gasteiger partial charge in [-0.1, -0.05) is 19.3 Å². The number of ether oxygens (including phenoxy) is 1. The van der Waals surface area contributed by atoms with E-state index in [1.54, 1.807) is 19.2 Å². The normalized spacial score (nSPS) is 17.3. The minimum absolute atomic E-state index is 0.188. The number of phenolic OH excluding ortho intramolecular Hbond substituents is 1. The van der Waals surface area contributed by atoms with Gasteiger partial charge in [-0.3, -0.25) is 0 Å². The van der Waals surface area contributed by atoms with Crippen LogP contribution in [0.2, 0.25) is 0 Å². The molecule has 0 amide bonds. The molecule has 1 aliphatic carbocycles. The zero-order valence-corrected chi connectivity index (χ0v) is 10.6. The Morgan fingerprint density at radius 2 is 2.24 bits per heavy atom. The molecule has 2 rings (SSSR count). The molecule has 2 N–H and O–H groups in total. The lowest BCUT2D eigenvalue weighted by Crippen LogP contribution is -2.23. The summed E-state index contributed by atoms with van der Waals surface area (Å²) in [5, 5.41) is 13.1. The summed E-state index contributed by atoms with van der Waals surface area (Å²) >= 11 is 0. The minimum atomic E-state index is 0.188. The van der Waals surface area contributed by atoms with E-state index in [4.69, 9.17) is 4.74 Å². The molecule has 1 aromatic rings. The molecule has 1 atom stereocenters. The van der Waals surface area contributed by atoms with Gasteiger partial charge in [0, 0.05) is 17.8 Å². The summed E-state index contributed by atoms with van der Waals surface area (Å²) in [6, 6.07) is 5.90. The standard InChI is InChI=1S/C14H21NO2/c1-10(8-11-4-3-5-11)15-12-6-7-14(17-2)13(16)9-12/h6-7,9-11,15-16H,3-5,8H2,1-2H3. The van der Waals surface area contributed by atoms with Crippen molar-refractivity contribution >= 4 is 5.69 Å². The summed E-state index contributed by atoms with van der Waals surface area (Å²) in [5.74, 6) is 1.60.